The van der Waals surface area contributed by atoms with Crippen molar-refractivity contribution in [2.24, 2.45) is 0 Å². The molecule has 0 saturated carbocycles. The first kappa shape index (κ1) is 15.9. The average Bonchev–Trinajstić information content (AvgIpc) is 2.38. The fourth-order valence-corrected chi connectivity index (χ4v) is 1.97. The molecule has 0 atom stereocenters. The van der Waals surface area contributed by atoms with E-state index in [1.165, 1.54) is 13.1 Å². The highest BCUT2D eigenvalue weighted by atomic mass is 32.2. The normalized spacial score (nSPS) is 11.1. The number of nitrogens with one attached hydrogen (secondary N) is 2. The van der Waals surface area contributed by atoms with Gasteiger partial charge in [-0.3, -0.25) is 10.1 Å². The van der Waals surface area contributed by atoms with Gasteiger partial charge in [-0.2, -0.15) is 0 Å². The monoisotopic (exact) mass is 303 g/mol. The molecule has 110 valence electrons. The standard InChI is InChI=1S/C10H13N3O6S/c1-11-20(18,19)5-4-12-9-3-2-7(13(16)17)6-8(9)10(14)15/h2-3,6,11-12H,4-5H2,1H3,(H,14,15). The fourth-order valence-electron chi connectivity index (χ4n) is 1.40. The second kappa shape index (κ2) is 6.30. The third-order valence-corrected chi connectivity index (χ3v) is 3.81. The van der Waals surface area contributed by atoms with Crippen LogP contribution in [0.4, 0.5) is 11.4 Å². The van der Waals surface area contributed by atoms with E-state index in [-0.39, 0.29) is 29.2 Å². The molecule has 3 N–H and O–H groups in total. The molecule has 0 radical (unpaired) electrons. The molecule has 0 aliphatic rings. The van der Waals surface area contributed by atoms with E-state index in [1.54, 1.807) is 0 Å². The van der Waals surface area contributed by atoms with Gasteiger partial charge >= 0.3 is 5.97 Å². The smallest absolute Gasteiger partial charge is 0.338 e. The Morgan fingerprint density at radius 2 is 2.10 bits per heavy atom. The van der Waals surface area contributed by atoms with Crippen LogP contribution in [0.3, 0.4) is 0 Å². The van der Waals surface area contributed by atoms with Crippen molar-refractivity contribution in [1.29, 1.82) is 0 Å². The van der Waals surface area contributed by atoms with E-state index < -0.39 is 20.9 Å². The lowest BCUT2D eigenvalue weighted by Gasteiger charge is -2.09. The van der Waals surface area contributed by atoms with Gasteiger partial charge in [0.05, 0.1) is 16.2 Å². The van der Waals surface area contributed by atoms with Crippen molar-refractivity contribution in [2.75, 3.05) is 24.7 Å². The summed E-state index contributed by atoms with van der Waals surface area (Å²) in [6, 6.07) is 3.28. The van der Waals surface area contributed by atoms with Crippen molar-refractivity contribution in [3.8, 4) is 0 Å². The number of carboxylic acid groups (broad SMARTS) is 1. The molecule has 0 bridgehead atoms. The Labute approximate surface area is 114 Å². The molecular formula is C10H13N3O6S. The number of nitro benzene ring substituents is 1. The quantitative estimate of drug-likeness (QED) is 0.484. The molecule has 0 amide bonds. The Kier molecular flexibility index (Phi) is 5.00. The summed E-state index contributed by atoms with van der Waals surface area (Å²) in [5.41, 5.74) is -0.522. The number of benzene rings is 1. The number of nitro groups is 1. The number of carboxylic acids is 1. The molecular weight excluding hydrogens is 290 g/mol. The maximum atomic E-state index is 11.2. The largest absolute Gasteiger partial charge is 0.478 e. The Balaban J connectivity index is 2.90. The predicted molar refractivity (Wildman–Crippen MR) is 71.4 cm³/mol. The molecule has 20 heavy (non-hydrogen) atoms. The van der Waals surface area contributed by atoms with Crippen LogP contribution in [-0.4, -0.2) is 43.8 Å². The number of hydrogen-bond donors (Lipinski definition) is 3. The first-order chi connectivity index (χ1) is 9.26. The van der Waals surface area contributed by atoms with Crippen LogP contribution >= 0.6 is 0 Å². The molecule has 0 heterocycles. The fraction of sp³-hybridized carbons (Fsp3) is 0.300. The summed E-state index contributed by atoms with van der Waals surface area (Å²) in [5.74, 6) is -1.59. The van der Waals surface area contributed by atoms with Crippen molar-refractivity contribution in [3.05, 3.63) is 33.9 Å². The Hall–Kier alpha value is -2.20. The third-order valence-electron chi connectivity index (χ3n) is 2.44. The Morgan fingerprint density at radius 3 is 2.60 bits per heavy atom. The summed E-state index contributed by atoms with van der Waals surface area (Å²) in [6.07, 6.45) is 0. The van der Waals surface area contributed by atoms with Crippen LogP contribution in [0, 0.1) is 10.1 Å². The molecule has 0 saturated heterocycles. The van der Waals surface area contributed by atoms with Gasteiger partial charge in [0, 0.05) is 24.4 Å². The SMILES string of the molecule is CNS(=O)(=O)CCNc1ccc([N+](=O)[O-])cc1C(=O)O. The molecule has 0 aromatic heterocycles. The van der Waals surface area contributed by atoms with E-state index >= 15 is 0 Å². The van der Waals surface area contributed by atoms with Crippen molar-refractivity contribution >= 4 is 27.4 Å². The molecule has 1 rings (SSSR count). The Morgan fingerprint density at radius 1 is 1.45 bits per heavy atom. The first-order valence-corrected chi connectivity index (χ1v) is 7.09. The molecule has 10 heteroatoms. The molecule has 1 aromatic rings. The summed E-state index contributed by atoms with van der Waals surface area (Å²) in [7, 11) is -2.14. The number of aromatic carboxylic acids is 1. The maximum Gasteiger partial charge on any atom is 0.338 e. The summed E-state index contributed by atoms with van der Waals surface area (Å²) in [6.45, 7) is -0.0265. The van der Waals surface area contributed by atoms with Crippen molar-refractivity contribution in [1.82, 2.24) is 4.72 Å². The molecule has 0 fully saturated rings. The van der Waals surface area contributed by atoms with Gasteiger partial charge in [-0.15, -0.1) is 0 Å². The highest BCUT2D eigenvalue weighted by molar-refractivity contribution is 7.89. The van der Waals surface area contributed by atoms with Crippen LogP contribution in [0.2, 0.25) is 0 Å². The highest BCUT2D eigenvalue weighted by Gasteiger charge is 2.16. The third kappa shape index (κ3) is 4.17. The number of rotatable bonds is 7. The summed E-state index contributed by atoms with van der Waals surface area (Å²) in [5, 5.41) is 22.2. The second-order valence-corrected chi connectivity index (χ2v) is 5.79. The van der Waals surface area contributed by atoms with E-state index in [9.17, 15) is 23.3 Å². The number of anilines is 1. The van der Waals surface area contributed by atoms with Gasteiger partial charge in [-0.05, 0) is 13.1 Å². The van der Waals surface area contributed by atoms with Gasteiger partial charge in [0.2, 0.25) is 10.0 Å². The lowest BCUT2D eigenvalue weighted by Crippen LogP contribution is -2.26. The molecule has 0 unspecified atom stereocenters. The summed E-state index contributed by atoms with van der Waals surface area (Å²) < 4.78 is 24.5. The molecule has 0 spiro atoms. The topological polar surface area (TPSA) is 139 Å². The van der Waals surface area contributed by atoms with E-state index in [2.05, 4.69) is 10.0 Å². The van der Waals surface area contributed by atoms with E-state index in [4.69, 9.17) is 5.11 Å². The second-order valence-electron chi connectivity index (χ2n) is 3.74. The van der Waals surface area contributed by atoms with Crippen LogP contribution in [0.15, 0.2) is 18.2 Å². The van der Waals surface area contributed by atoms with E-state index in [1.807, 2.05) is 0 Å². The van der Waals surface area contributed by atoms with Crippen LogP contribution in [-0.2, 0) is 10.0 Å². The van der Waals surface area contributed by atoms with Crippen molar-refractivity contribution in [2.45, 2.75) is 0 Å². The number of hydrogen-bond acceptors (Lipinski definition) is 6. The minimum atomic E-state index is -3.41. The van der Waals surface area contributed by atoms with Gasteiger partial charge in [0.1, 0.15) is 0 Å². The van der Waals surface area contributed by atoms with Gasteiger partial charge in [0.25, 0.3) is 5.69 Å². The molecule has 0 aliphatic carbocycles. The van der Waals surface area contributed by atoms with Crippen LogP contribution < -0.4 is 10.0 Å². The van der Waals surface area contributed by atoms with E-state index in [0.29, 0.717) is 0 Å². The number of carbonyl (C=O) groups is 1. The van der Waals surface area contributed by atoms with Crippen molar-refractivity contribution < 1.29 is 23.2 Å². The van der Waals surface area contributed by atoms with Crippen LogP contribution in [0.5, 0.6) is 0 Å². The molecule has 9 nitrogen and oxygen atoms in total. The maximum absolute atomic E-state index is 11.2. The zero-order chi connectivity index (χ0) is 15.3. The van der Waals surface area contributed by atoms with Crippen molar-refractivity contribution in [3.63, 3.8) is 0 Å². The molecule has 1 aromatic carbocycles. The van der Waals surface area contributed by atoms with Gasteiger partial charge in [-0.25, -0.2) is 17.9 Å². The van der Waals surface area contributed by atoms with E-state index in [0.717, 1.165) is 12.1 Å². The lowest BCUT2D eigenvalue weighted by molar-refractivity contribution is -0.384. The number of non-ortho nitro benzene ring substituents is 1. The van der Waals surface area contributed by atoms with Gasteiger partial charge in [0.15, 0.2) is 0 Å². The summed E-state index contributed by atoms with van der Waals surface area (Å²) >= 11 is 0. The summed E-state index contributed by atoms with van der Waals surface area (Å²) in [4.78, 5) is 20.9. The predicted octanol–water partition coefficient (Wildman–Crippen LogP) is 0.254. The highest BCUT2D eigenvalue weighted by Crippen LogP contribution is 2.22. The van der Waals surface area contributed by atoms with Crippen LogP contribution in [0.1, 0.15) is 10.4 Å². The number of nitrogens with zero attached hydrogens (tertiary/aromatic N) is 1. The lowest BCUT2D eigenvalue weighted by atomic mass is 10.1. The molecule has 0 aliphatic heterocycles. The van der Waals surface area contributed by atoms with Crippen LogP contribution in [0.25, 0.3) is 0 Å². The zero-order valence-corrected chi connectivity index (χ0v) is 11.3. The number of sulfonamides is 1. The zero-order valence-electron chi connectivity index (χ0n) is 10.5. The van der Waals surface area contributed by atoms with Gasteiger partial charge < -0.3 is 10.4 Å². The average molecular weight is 303 g/mol. The Bertz CT molecular complexity index is 628. The first-order valence-electron chi connectivity index (χ1n) is 5.43. The van der Waals surface area contributed by atoms with Gasteiger partial charge in [-0.1, -0.05) is 0 Å². The minimum absolute atomic E-state index is 0.0265. The minimum Gasteiger partial charge on any atom is -0.478 e.